The van der Waals surface area contributed by atoms with Crippen LogP contribution >= 0.6 is 0 Å². The van der Waals surface area contributed by atoms with Crippen molar-refractivity contribution in [2.45, 2.75) is 46.2 Å². The number of aryl methyl sites for hydroxylation is 1. The second kappa shape index (κ2) is 7.66. The number of nitrogens with zero attached hydrogens (tertiary/aromatic N) is 1. The Hall–Kier alpha value is -0.860. The van der Waals surface area contributed by atoms with Gasteiger partial charge < -0.3 is 10.2 Å². The number of hydrogen-bond acceptors (Lipinski definition) is 2. The van der Waals surface area contributed by atoms with Crippen LogP contribution in [0.2, 0.25) is 0 Å². The van der Waals surface area contributed by atoms with E-state index in [0.29, 0.717) is 18.0 Å². The molecule has 19 heavy (non-hydrogen) atoms. The topological polar surface area (TPSA) is 15.3 Å². The van der Waals surface area contributed by atoms with Gasteiger partial charge in [0.15, 0.2) is 0 Å². The predicted molar refractivity (Wildman–Crippen MR) is 84.5 cm³/mol. The summed E-state index contributed by atoms with van der Waals surface area (Å²) in [6, 6.07) is 9.76. The normalized spacial score (nSPS) is 14.9. The third kappa shape index (κ3) is 4.63. The molecule has 0 heterocycles. The number of hydrogen-bond donors (Lipinski definition) is 1. The van der Waals surface area contributed by atoms with Crippen molar-refractivity contribution in [3.63, 3.8) is 0 Å². The molecule has 0 aliphatic rings. The van der Waals surface area contributed by atoms with Gasteiger partial charge in [-0.3, -0.25) is 0 Å². The minimum absolute atomic E-state index is 0.447. The Balaban J connectivity index is 2.61. The maximum atomic E-state index is 3.46. The molecule has 1 aromatic rings. The Labute approximate surface area is 119 Å². The Morgan fingerprint density at radius 2 is 1.79 bits per heavy atom. The third-order valence-corrected chi connectivity index (χ3v) is 4.34. The fourth-order valence-electron chi connectivity index (χ4n) is 2.48. The van der Waals surface area contributed by atoms with Gasteiger partial charge in [0.05, 0.1) is 0 Å². The zero-order valence-electron chi connectivity index (χ0n) is 13.4. The van der Waals surface area contributed by atoms with Gasteiger partial charge in [-0.15, -0.1) is 0 Å². The van der Waals surface area contributed by atoms with Gasteiger partial charge in [0, 0.05) is 12.1 Å². The summed E-state index contributed by atoms with van der Waals surface area (Å²) in [6.45, 7) is 10.2. The Kier molecular flexibility index (Phi) is 6.53. The van der Waals surface area contributed by atoms with Gasteiger partial charge in [-0.25, -0.2) is 0 Å². The molecule has 0 saturated carbocycles. The average molecular weight is 262 g/mol. The first-order valence-electron chi connectivity index (χ1n) is 7.40. The molecular formula is C17H30N2. The summed E-state index contributed by atoms with van der Waals surface area (Å²) in [5.74, 6) is 0.705. The number of rotatable bonds is 7. The monoisotopic (exact) mass is 262 g/mol. The smallest absolute Gasteiger partial charge is 0.0332 e. The highest BCUT2D eigenvalue weighted by Gasteiger charge is 2.16. The van der Waals surface area contributed by atoms with Crippen LogP contribution in [0, 0.1) is 12.8 Å². The quantitative estimate of drug-likeness (QED) is 0.807. The van der Waals surface area contributed by atoms with Gasteiger partial charge in [0.25, 0.3) is 0 Å². The summed E-state index contributed by atoms with van der Waals surface area (Å²) < 4.78 is 0. The third-order valence-electron chi connectivity index (χ3n) is 4.34. The molecule has 108 valence electrons. The van der Waals surface area contributed by atoms with Gasteiger partial charge in [-0.05, 0) is 58.0 Å². The molecule has 0 fully saturated rings. The van der Waals surface area contributed by atoms with E-state index in [-0.39, 0.29) is 0 Å². The van der Waals surface area contributed by atoms with Gasteiger partial charge in [0.1, 0.15) is 0 Å². The van der Waals surface area contributed by atoms with Crippen LogP contribution in [-0.4, -0.2) is 31.6 Å². The van der Waals surface area contributed by atoms with Crippen LogP contribution in [0.15, 0.2) is 24.3 Å². The molecule has 2 nitrogen and oxygen atoms in total. The summed E-state index contributed by atoms with van der Waals surface area (Å²) >= 11 is 0. The van der Waals surface area contributed by atoms with Crippen LogP contribution in [0.25, 0.3) is 0 Å². The SMILES string of the molecule is CNC(CCN(C)C(C)C(C)C)c1ccccc1C. The van der Waals surface area contributed by atoms with Crippen LogP contribution in [0.3, 0.4) is 0 Å². The minimum atomic E-state index is 0.447. The molecule has 1 N–H and O–H groups in total. The summed E-state index contributed by atoms with van der Waals surface area (Å²) in [4.78, 5) is 2.47. The van der Waals surface area contributed by atoms with E-state index in [1.165, 1.54) is 11.1 Å². The van der Waals surface area contributed by atoms with Crippen molar-refractivity contribution >= 4 is 0 Å². The van der Waals surface area contributed by atoms with Crippen molar-refractivity contribution in [3.05, 3.63) is 35.4 Å². The zero-order chi connectivity index (χ0) is 14.4. The highest BCUT2D eigenvalue weighted by molar-refractivity contribution is 5.28. The molecular weight excluding hydrogens is 232 g/mol. The molecule has 0 aliphatic heterocycles. The lowest BCUT2D eigenvalue weighted by molar-refractivity contribution is 0.199. The molecule has 2 atom stereocenters. The summed E-state index contributed by atoms with van der Waals surface area (Å²) in [5.41, 5.74) is 2.80. The van der Waals surface area contributed by atoms with Crippen molar-refractivity contribution < 1.29 is 0 Å². The van der Waals surface area contributed by atoms with E-state index in [1.807, 2.05) is 0 Å². The zero-order valence-corrected chi connectivity index (χ0v) is 13.4. The van der Waals surface area contributed by atoms with Crippen LogP contribution in [0.1, 0.15) is 44.4 Å². The highest BCUT2D eigenvalue weighted by atomic mass is 15.1. The molecule has 0 spiro atoms. The molecule has 1 aromatic carbocycles. The molecule has 1 rings (SSSR count). The fourth-order valence-corrected chi connectivity index (χ4v) is 2.48. The summed E-state index contributed by atoms with van der Waals surface area (Å²) in [6.07, 6.45) is 1.15. The molecule has 0 radical (unpaired) electrons. The van der Waals surface area contributed by atoms with E-state index in [9.17, 15) is 0 Å². The van der Waals surface area contributed by atoms with Crippen LogP contribution in [-0.2, 0) is 0 Å². The molecule has 0 aromatic heterocycles. The lowest BCUT2D eigenvalue weighted by Gasteiger charge is -2.29. The van der Waals surface area contributed by atoms with Crippen molar-refractivity contribution in [1.82, 2.24) is 10.2 Å². The Morgan fingerprint density at radius 3 is 2.32 bits per heavy atom. The number of benzene rings is 1. The molecule has 0 saturated heterocycles. The number of nitrogens with one attached hydrogen (secondary N) is 1. The van der Waals surface area contributed by atoms with Crippen LogP contribution in [0.4, 0.5) is 0 Å². The van der Waals surface area contributed by atoms with Gasteiger partial charge in [-0.1, -0.05) is 38.1 Å². The van der Waals surface area contributed by atoms with Crippen molar-refractivity contribution in [2.75, 3.05) is 20.6 Å². The van der Waals surface area contributed by atoms with E-state index in [1.54, 1.807) is 0 Å². The van der Waals surface area contributed by atoms with Gasteiger partial charge >= 0.3 is 0 Å². The molecule has 0 amide bonds. The van der Waals surface area contributed by atoms with Crippen molar-refractivity contribution in [1.29, 1.82) is 0 Å². The standard InChI is InChI=1S/C17H30N2/c1-13(2)15(4)19(6)12-11-17(18-5)16-10-8-7-9-14(16)3/h7-10,13,15,17-18H,11-12H2,1-6H3. The average Bonchev–Trinajstić information content (AvgIpc) is 2.39. The van der Waals surface area contributed by atoms with Crippen molar-refractivity contribution in [3.8, 4) is 0 Å². The predicted octanol–water partition coefficient (Wildman–Crippen LogP) is 3.62. The van der Waals surface area contributed by atoms with Crippen molar-refractivity contribution in [2.24, 2.45) is 5.92 Å². The molecule has 2 heteroatoms. The van der Waals surface area contributed by atoms with Crippen LogP contribution < -0.4 is 5.32 Å². The lowest BCUT2D eigenvalue weighted by atomic mass is 9.98. The maximum Gasteiger partial charge on any atom is 0.0332 e. The first-order chi connectivity index (χ1) is 8.97. The maximum absolute atomic E-state index is 3.46. The van der Waals surface area contributed by atoms with E-state index in [0.717, 1.165) is 13.0 Å². The second-order valence-electron chi connectivity index (χ2n) is 5.95. The van der Waals surface area contributed by atoms with E-state index < -0.39 is 0 Å². The van der Waals surface area contributed by atoms with Gasteiger partial charge in [0.2, 0.25) is 0 Å². The Bertz CT molecular complexity index is 373. The summed E-state index contributed by atoms with van der Waals surface area (Å²) in [5, 5.41) is 3.46. The Morgan fingerprint density at radius 1 is 1.16 bits per heavy atom. The minimum Gasteiger partial charge on any atom is -0.313 e. The second-order valence-corrected chi connectivity index (χ2v) is 5.95. The largest absolute Gasteiger partial charge is 0.313 e. The van der Waals surface area contributed by atoms with E-state index in [2.05, 4.69) is 76.3 Å². The van der Waals surface area contributed by atoms with Crippen LogP contribution in [0.5, 0.6) is 0 Å². The molecule has 0 bridgehead atoms. The van der Waals surface area contributed by atoms with Gasteiger partial charge in [-0.2, -0.15) is 0 Å². The molecule has 2 unspecified atom stereocenters. The van der Waals surface area contributed by atoms with E-state index in [4.69, 9.17) is 0 Å². The fraction of sp³-hybridized carbons (Fsp3) is 0.647. The lowest BCUT2D eigenvalue weighted by Crippen LogP contribution is -2.35. The first kappa shape index (κ1) is 16.2. The molecule has 0 aliphatic carbocycles. The highest BCUT2D eigenvalue weighted by Crippen LogP contribution is 2.21. The first-order valence-corrected chi connectivity index (χ1v) is 7.40. The summed E-state index contributed by atoms with van der Waals surface area (Å²) in [7, 11) is 4.29. The van der Waals surface area contributed by atoms with E-state index >= 15 is 0 Å².